The molecule has 8 nitrogen and oxygen atoms in total. The highest BCUT2D eigenvalue weighted by molar-refractivity contribution is 5.99. The van der Waals surface area contributed by atoms with E-state index in [1.807, 2.05) is 0 Å². The minimum Gasteiger partial charge on any atom is -0.381 e. The topological polar surface area (TPSA) is 111 Å². The highest BCUT2D eigenvalue weighted by Gasteiger charge is 2.28. The number of nitro benzene ring substituents is 1. The number of nitrogens with zero attached hydrogens (tertiary/aromatic N) is 2. The molecule has 0 aliphatic carbocycles. The number of nitrogens with two attached hydrogens (primary N) is 1. The molecule has 0 saturated carbocycles. The van der Waals surface area contributed by atoms with E-state index in [2.05, 4.69) is 5.43 Å². The van der Waals surface area contributed by atoms with E-state index in [1.165, 1.54) is 18.2 Å². The second-order valence-electron chi connectivity index (χ2n) is 4.89. The van der Waals surface area contributed by atoms with Crippen LogP contribution < -0.4 is 11.3 Å². The first-order chi connectivity index (χ1) is 10.0. The number of nitrogen functional groups attached to an aromatic ring is 1. The van der Waals surface area contributed by atoms with E-state index in [0.717, 1.165) is 12.8 Å². The van der Waals surface area contributed by atoms with E-state index in [1.54, 1.807) is 11.9 Å². The number of nitrogens with one attached hydrogen (secondary N) is 1. The van der Waals surface area contributed by atoms with Crippen molar-refractivity contribution in [2.45, 2.75) is 18.9 Å². The average molecular weight is 294 g/mol. The zero-order chi connectivity index (χ0) is 15.4. The van der Waals surface area contributed by atoms with E-state index in [9.17, 15) is 14.9 Å². The molecule has 21 heavy (non-hydrogen) atoms. The number of nitro groups is 1. The van der Waals surface area contributed by atoms with E-state index >= 15 is 0 Å². The summed E-state index contributed by atoms with van der Waals surface area (Å²) in [6.07, 6.45) is 1.45. The van der Waals surface area contributed by atoms with Gasteiger partial charge in [0.25, 0.3) is 11.6 Å². The van der Waals surface area contributed by atoms with Crippen LogP contribution in [-0.2, 0) is 4.74 Å². The van der Waals surface area contributed by atoms with Crippen LogP contribution in [0.5, 0.6) is 0 Å². The maximum atomic E-state index is 12.5. The number of ether oxygens (including phenoxy) is 1. The summed E-state index contributed by atoms with van der Waals surface area (Å²) in [6.45, 7) is 1.18. The van der Waals surface area contributed by atoms with Gasteiger partial charge in [0.1, 0.15) is 5.56 Å². The van der Waals surface area contributed by atoms with Crippen LogP contribution in [0, 0.1) is 10.1 Å². The molecule has 1 aromatic carbocycles. The maximum Gasteiger partial charge on any atom is 0.282 e. The number of hydrogen-bond donors (Lipinski definition) is 2. The Morgan fingerprint density at radius 3 is 2.71 bits per heavy atom. The number of anilines is 1. The second-order valence-corrected chi connectivity index (χ2v) is 4.89. The van der Waals surface area contributed by atoms with Crippen LogP contribution >= 0.6 is 0 Å². The van der Waals surface area contributed by atoms with Crippen LogP contribution in [-0.4, -0.2) is 42.0 Å². The van der Waals surface area contributed by atoms with Gasteiger partial charge in [0.15, 0.2) is 0 Å². The zero-order valence-electron chi connectivity index (χ0n) is 11.7. The third-order valence-electron chi connectivity index (χ3n) is 3.65. The molecule has 3 N–H and O–H groups in total. The number of hydrogen-bond acceptors (Lipinski definition) is 6. The van der Waals surface area contributed by atoms with Crippen molar-refractivity contribution in [1.82, 2.24) is 4.90 Å². The van der Waals surface area contributed by atoms with Gasteiger partial charge in [-0.05, 0) is 25.0 Å². The molecule has 114 valence electrons. The van der Waals surface area contributed by atoms with Gasteiger partial charge < -0.3 is 15.1 Å². The highest BCUT2D eigenvalue weighted by atomic mass is 16.6. The summed E-state index contributed by atoms with van der Waals surface area (Å²) < 4.78 is 5.26. The van der Waals surface area contributed by atoms with Crippen LogP contribution in [0.1, 0.15) is 23.2 Å². The van der Waals surface area contributed by atoms with E-state index in [-0.39, 0.29) is 23.2 Å². The predicted octanol–water partition coefficient (Wildman–Crippen LogP) is 1.13. The number of rotatable bonds is 4. The maximum absolute atomic E-state index is 12.5. The molecule has 1 amide bonds. The van der Waals surface area contributed by atoms with Gasteiger partial charge in [-0.3, -0.25) is 20.8 Å². The molecule has 2 rings (SSSR count). The molecular weight excluding hydrogens is 276 g/mol. The fraction of sp³-hybridized carbons (Fsp3) is 0.462. The Morgan fingerprint density at radius 1 is 1.48 bits per heavy atom. The summed E-state index contributed by atoms with van der Waals surface area (Å²) in [4.78, 5) is 24.6. The third kappa shape index (κ3) is 3.29. The molecule has 1 heterocycles. The summed E-state index contributed by atoms with van der Waals surface area (Å²) >= 11 is 0. The molecule has 0 bridgehead atoms. The van der Waals surface area contributed by atoms with Gasteiger partial charge in [-0.1, -0.05) is 0 Å². The summed E-state index contributed by atoms with van der Waals surface area (Å²) in [5.74, 6) is 4.92. The number of hydrazine groups is 1. The first-order valence-corrected chi connectivity index (χ1v) is 6.64. The van der Waals surface area contributed by atoms with Gasteiger partial charge in [0.05, 0.1) is 4.92 Å². The SMILES string of the molecule is CN(C(=O)c1cc(NN)ccc1[N+](=O)[O-])C1CCOCC1. The van der Waals surface area contributed by atoms with Gasteiger partial charge in [-0.2, -0.15) is 0 Å². The molecule has 0 radical (unpaired) electrons. The fourth-order valence-corrected chi connectivity index (χ4v) is 2.38. The van der Waals surface area contributed by atoms with E-state index < -0.39 is 4.92 Å². The monoisotopic (exact) mass is 294 g/mol. The van der Waals surface area contributed by atoms with Crippen molar-refractivity contribution in [3.63, 3.8) is 0 Å². The molecule has 1 aromatic rings. The number of benzene rings is 1. The molecule has 1 aliphatic rings. The van der Waals surface area contributed by atoms with Gasteiger partial charge >= 0.3 is 0 Å². The smallest absolute Gasteiger partial charge is 0.282 e. The molecule has 8 heteroatoms. The third-order valence-corrected chi connectivity index (χ3v) is 3.65. The van der Waals surface area contributed by atoms with Crippen molar-refractivity contribution in [3.05, 3.63) is 33.9 Å². The summed E-state index contributed by atoms with van der Waals surface area (Å²) in [7, 11) is 1.66. The van der Waals surface area contributed by atoms with Gasteiger partial charge in [-0.25, -0.2) is 0 Å². The Kier molecular flexibility index (Phi) is 4.71. The Bertz CT molecular complexity index is 543. The Balaban J connectivity index is 2.29. The summed E-state index contributed by atoms with van der Waals surface area (Å²) in [5, 5.41) is 11.1. The lowest BCUT2D eigenvalue weighted by Gasteiger charge is -2.31. The molecule has 0 spiro atoms. The van der Waals surface area contributed by atoms with Crippen molar-refractivity contribution in [2.24, 2.45) is 5.84 Å². The van der Waals surface area contributed by atoms with Gasteiger partial charge in [0.2, 0.25) is 0 Å². The fourth-order valence-electron chi connectivity index (χ4n) is 2.38. The Hall–Kier alpha value is -2.19. The second kappa shape index (κ2) is 6.51. The molecular formula is C13H18N4O4. The number of carbonyl (C=O) groups excluding carboxylic acids is 1. The van der Waals surface area contributed by atoms with Crippen LogP contribution in [0.15, 0.2) is 18.2 Å². The number of carbonyl (C=O) groups is 1. The summed E-state index contributed by atoms with van der Waals surface area (Å²) in [6, 6.07) is 4.17. The van der Waals surface area contributed by atoms with Crippen molar-refractivity contribution in [3.8, 4) is 0 Å². The lowest BCUT2D eigenvalue weighted by atomic mass is 10.1. The van der Waals surface area contributed by atoms with Crippen molar-refractivity contribution in [2.75, 3.05) is 25.7 Å². The standard InChI is InChI=1S/C13H18N4O4/c1-16(10-4-6-21-7-5-10)13(18)11-8-9(15-14)2-3-12(11)17(19)20/h2-3,8,10,15H,4-7,14H2,1H3. The molecule has 0 unspecified atom stereocenters. The number of amides is 1. The average Bonchev–Trinajstić information content (AvgIpc) is 2.53. The highest BCUT2D eigenvalue weighted by Crippen LogP contribution is 2.25. The minimum atomic E-state index is -0.564. The lowest BCUT2D eigenvalue weighted by Crippen LogP contribution is -2.40. The zero-order valence-corrected chi connectivity index (χ0v) is 11.7. The molecule has 1 saturated heterocycles. The minimum absolute atomic E-state index is 0.0281. The van der Waals surface area contributed by atoms with Crippen LogP contribution in [0.2, 0.25) is 0 Å². The summed E-state index contributed by atoms with van der Waals surface area (Å²) in [5.41, 5.74) is 2.65. The normalized spacial score (nSPS) is 15.5. The quantitative estimate of drug-likeness (QED) is 0.489. The largest absolute Gasteiger partial charge is 0.381 e. The molecule has 1 fully saturated rings. The van der Waals surface area contributed by atoms with Gasteiger partial charge in [0, 0.05) is 38.1 Å². The van der Waals surface area contributed by atoms with Crippen molar-refractivity contribution < 1.29 is 14.5 Å². The molecule has 0 aromatic heterocycles. The predicted molar refractivity (Wildman–Crippen MR) is 76.8 cm³/mol. The van der Waals surface area contributed by atoms with Crippen LogP contribution in [0.4, 0.5) is 11.4 Å². The van der Waals surface area contributed by atoms with Gasteiger partial charge in [-0.15, -0.1) is 0 Å². The lowest BCUT2D eigenvalue weighted by molar-refractivity contribution is -0.385. The molecule has 1 aliphatic heterocycles. The van der Waals surface area contributed by atoms with Crippen LogP contribution in [0.3, 0.4) is 0 Å². The van der Waals surface area contributed by atoms with Crippen molar-refractivity contribution >= 4 is 17.3 Å². The van der Waals surface area contributed by atoms with E-state index in [0.29, 0.717) is 18.9 Å². The Morgan fingerprint density at radius 2 is 2.14 bits per heavy atom. The van der Waals surface area contributed by atoms with E-state index in [4.69, 9.17) is 10.6 Å². The first kappa shape index (κ1) is 15.2. The molecule has 0 atom stereocenters. The van der Waals surface area contributed by atoms with Crippen molar-refractivity contribution in [1.29, 1.82) is 0 Å². The Labute approximate surface area is 122 Å². The first-order valence-electron chi connectivity index (χ1n) is 6.64. The van der Waals surface area contributed by atoms with Crippen LogP contribution in [0.25, 0.3) is 0 Å².